The van der Waals surface area contributed by atoms with Crippen molar-refractivity contribution in [1.82, 2.24) is 5.32 Å². The van der Waals surface area contributed by atoms with Gasteiger partial charge in [-0.2, -0.15) is 0 Å². The molecule has 4 nitrogen and oxygen atoms in total. The third kappa shape index (κ3) is 3.56. The molecule has 2 rings (SSSR count). The molecule has 0 aliphatic heterocycles. The van der Waals surface area contributed by atoms with Gasteiger partial charge in [0.25, 0.3) is 5.91 Å². The van der Waals surface area contributed by atoms with E-state index < -0.39 is 11.9 Å². The highest BCUT2D eigenvalue weighted by atomic mass is 32.1. The normalized spacial score (nSPS) is 23.6. The van der Waals surface area contributed by atoms with E-state index in [-0.39, 0.29) is 11.9 Å². The number of rotatable bonds is 3. The van der Waals surface area contributed by atoms with E-state index >= 15 is 0 Å². The highest BCUT2D eigenvalue weighted by Crippen LogP contribution is 2.24. The van der Waals surface area contributed by atoms with Gasteiger partial charge in [-0.1, -0.05) is 19.3 Å². The van der Waals surface area contributed by atoms with Crippen molar-refractivity contribution in [2.75, 3.05) is 0 Å². The molecule has 1 heterocycles. The summed E-state index contributed by atoms with van der Waals surface area (Å²) < 4.78 is 0. The summed E-state index contributed by atoms with van der Waals surface area (Å²) >= 11 is 1.44. The van der Waals surface area contributed by atoms with E-state index in [1.807, 2.05) is 13.0 Å². The zero-order chi connectivity index (χ0) is 13.8. The number of carboxylic acid groups (broad SMARTS) is 1. The summed E-state index contributed by atoms with van der Waals surface area (Å²) in [4.78, 5) is 25.1. The van der Waals surface area contributed by atoms with Gasteiger partial charge in [0.05, 0.1) is 10.8 Å². The summed E-state index contributed by atoms with van der Waals surface area (Å²) in [7, 11) is 0. The van der Waals surface area contributed by atoms with Crippen molar-refractivity contribution in [2.45, 2.75) is 45.1 Å². The lowest BCUT2D eigenvalue weighted by Gasteiger charge is -2.22. The van der Waals surface area contributed by atoms with E-state index in [1.165, 1.54) is 11.3 Å². The Hall–Kier alpha value is -1.36. The maximum absolute atomic E-state index is 12.1. The summed E-state index contributed by atoms with van der Waals surface area (Å²) in [5.41, 5.74) is 0. The molecule has 1 saturated carbocycles. The van der Waals surface area contributed by atoms with Gasteiger partial charge in [0.2, 0.25) is 0 Å². The zero-order valence-electron chi connectivity index (χ0n) is 11.0. The van der Waals surface area contributed by atoms with Crippen LogP contribution in [-0.2, 0) is 4.79 Å². The van der Waals surface area contributed by atoms with Crippen LogP contribution in [0.2, 0.25) is 0 Å². The van der Waals surface area contributed by atoms with Gasteiger partial charge in [0.15, 0.2) is 0 Å². The van der Waals surface area contributed by atoms with Gasteiger partial charge < -0.3 is 10.4 Å². The predicted molar refractivity (Wildman–Crippen MR) is 74.5 cm³/mol. The topological polar surface area (TPSA) is 66.4 Å². The van der Waals surface area contributed by atoms with E-state index in [9.17, 15) is 14.7 Å². The second-order valence-corrected chi connectivity index (χ2v) is 6.36. The van der Waals surface area contributed by atoms with E-state index in [4.69, 9.17) is 0 Å². The smallest absolute Gasteiger partial charge is 0.308 e. The maximum Gasteiger partial charge on any atom is 0.308 e. The number of carboxylic acids is 1. The Morgan fingerprint density at radius 1 is 1.26 bits per heavy atom. The van der Waals surface area contributed by atoms with E-state index in [2.05, 4.69) is 5.32 Å². The Morgan fingerprint density at radius 2 is 2.00 bits per heavy atom. The molecular formula is C14H19NO3S. The average molecular weight is 281 g/mol. The SMILES string of the molecule is Cc1ccc(C(=O)N[C@H]2CCCCC[C@H]2C(=O)O)s1. The molecule has 19 heavy (non-hydrogen) atoms. The molecular weight excluding hydrogens is 262 g/mol. The Morgan fingerprint density at radius 3 is 2.63 bits per heavy atom. The summed E-state index contributed by atoms with van der Waals surface area (Å²) in [6.07, 6.45) is 4.38. The molecule has 0 bridgehead atoms. The van der Waals surface area contributed by atoms with E-state index in [0.29, 0.717) is 11.3 Å². The van der Waals surface area contributed by atoms with Crippen LogP contribution >= 0.6 is 11.3 Å². The third-order valence-corrected chi connectivity index (χ3v) is 4.61. The van der Waals surface area contributed by atoms with Gasteiger partial charge in [0.1, 0.15) is 0 Å². The van der Waals surface area contributed by atoms with Gasteiger partial charge in [-0.3, -0.25) is 9.59 Å². The lowest BCUT2D eigenvalue weighted by atomic mass is 9.95. The van der Waals surface area contributed by atoms with Crippen LogP contribution in [0.5, 0.6) is 0 Å². The van der Waals surface area contributed by atoms with Crippen LogP contribution in [0.4, 0.5) is 0 Å². The fourth-order valence-corrected chi connectivity index (χ4v) is 3.34. The van der Waals surface area contributed by atoms with Crippen LogP contribution in [0.15, 0.2) is 12.1 Å². The molecule has 104 valence electrons. The first-order chi connectivity index (χ1) is 9.08. The number of hydrogen-bond acceptors (Lipinski definition) is 3. The number of thiophene rings is 1. The molecule has 0 saturated heterocycles. The number of amides is 1. The molecule has 1 amide bonds. The van der Waals surface area contributed by atoms with Crippen molar-refractivity contribution >= 4 is 23.2 Å². The largest absolute Gasteiger partial charge is 0.481 e. The number of aliphatic carboxylic acids is 1. The minimum atomic E-state index is -0.797. The molecule has 0 radical (unpaired) electrons. The lowest BCUT2D eigenvalue weighted by Crippen LogP contribution is -2.42. The van der Waals surface area contributed by atoms with Crippen LogP contribution in [-0.4, -0.2) is 23.0 Å². The number of carbonyl (C=O) groups is 2. The van der Waals surface area contributed by atoms with Gasteiger partial charge in [-0.05, 0) is 31.9 Å². The first kappa shape index (κ1) is 14.1. The molecule has 0 aromatic carbocycles. The molecule has 1 fully saturated rings. The van der Waals surface area contributed by atoms with Crippen molar-refractivity contribution in [2.24, 2.45) is 5.92 Å². The van der Waals surface area contributed by atoms with Gasteiger partial charge >= 0.3 is 5.97 Å². The fourth-order valence-electron chi connectivity index (χ4n) is 2.57. The Balaban J connectivity index is 2.06. The predicted octanol–water partition coefficient (Wildman–Crippen LogP) is 2.82. The summed E-state index contributed by atoms with van der Waals surface area (Å²) in [6, 6.07) is 3.46. The van der Waals surface area contributed by atoms with Crippen LogP contribution in [0.25, 0.3) is 0 Å². The summed E-state index contributed by atoms with van der Waals surface area (Å²) in [5, 5.41) is 12.2. The molecule has 1 aromatic rings. The zero-order valence-corrected chi connectivity index (χ0v) is 11.8. The minimum Gasteiger partial charge on any atom is -0.481 e. The summed E-state index contributed by atoms with van der Waals surface area (Å²) in [6.45, 7) is 1.95. The van der Waals surface area contributed by atoms with E-state index in [1.54, 1.807) is 6.07 Å². The first-order valence-corrected chi connectivity index (χ1v) is 7.49. The second kappa shape index (κ2) is 6.19. The number of nitrogens with one attached hydrogen (secondary N) is 1. The number of carbonyl (C=O) groups excluding carboxylic acids is 1. The quantitative estimate of drug-likeness (QED) is 0.837. The van der Waals surface area contributed by atoms with Crippen LogP contribution in [0, 0.1) is 12.8 Å². The van der Waals surface area contributed by atoms with Crippen molar-refractivity contribution in [1.29, 1.82) is 0 Å². The van der Waals surface area contributed by atoms with E-state index in [0.717, 1.165) is 30.6 Å². The average Bonchev–Trinajstić information content (AvgIpc) is 2.65. The van der Waals surface area contributed by atoms with Crippen molar-refractivity contribution < 1.29 is 14.7 Å². The number of aryl methyl sites for hydroxylation is 1. The van der Waals surface area contributed by atoms with Gasteiger partial charge in [-0.15, -0.1) is 11.3 Å². The molecule has 2 N–H and O–H groups in total. The Labute approximate surface area is 116 Å². The van der Waals surface area contributed by atoms with Crippen molar-refractivity contribution in [3.05, 3.63) is 21.9 Å². The summed E-state index contributed by atoms with van der Waals surface area (Å²) in [5.74, 6) is -1.39. The Bertz CT molecular complexity index is 469. The molecule has 1 aliphatic rings. The third-order valence-electron chi connectivity index (χ3n) is 3.61. The highest BCUT2D eigenvalue weighted by molar-refractivity contribution is 7.13. The fraction of sp³-hybridized carbons (Fsp3) is 0.571. The maximum atomic E-state index is 12.1. The van der Waals surface area contributed by atoms with Gasteiger partial charge in [-0.25, -0.2) is 0 Å². The molecule has 5 heteroatoms. The monoisotopic (exact) mass is 281 g/mol. The van der Waals surface area contributed by atoms with Gasteiger partial charge in [0, 0.05) is 10.9 Å². The lowest BCUT2D eigenvalue weighted by molar-refractivity contribution is -0.142. The minimum absolute atomic E-state index is 0.142. The molecule has 1 aromatic heterocycles. The highest BCUT2D eigenvalue weighted by Gasteiger charge is 2.30. The number of hydrogen-bond donors (Lipinski definition) is 2. The molecule has 0 unspecified atom stereocenters. The standard InChI is InChI=1S/C14H19NO3S/c1-9-7-8-12(19-9)13(16)15-11-6-4-2-3-5-10(11)14(17)18/h7-8,10-11H,2-6H2,1H3,(H,15,16)(H,17,18)/t10-,11+/m1/s1. The van der Waals surface area contributed by atoms with Crippen molar-refractivity contribution in [3.8, 4) is 0 Å². The van der Waals surface area contributed by atoms with Crippen LogP contribution in [0.3, 0.4) is 0 Å². The molecule has 1 aliphatic carbocycles. The molecule has 2 atom stereocenters. The van der Waals surface area contributed by atoms with Crippen molar-refractivity contribution in [3.63, 3.8) is 0 Å². The first-order valence-electron chi connectivity index (χ1n) is 6.68. The van der Waals surface area contributed by atoms with Crippen LogP contribution in [0.1, 0.15) is 46.7 Å². The second-order valence-electron chi connectivity index (χ2n) is 5.07. The Kier molecular flexibility index (Phi) is 4.58. The van der Waals surface area contributed by atoms with Crippen LogP contribution < -0.4 is 5.32 Å². The molecule has 0 spiro atoms.